The molecule has 0 N–H and O–H groups in total. The molecule has 2 nitrogen and oxygen atoms in total. The van der Waals surface area contributed by atoms with Crippen molar-refractivity contribution >= 4 is 27.8 Å². The van der Waals surface area contributed by atoms with Gasteiger partial charge in [0, 0.05) is 27.9 Å². The average molecular weight is 626 g/mol. The number of hydrogen-bond donors (Lipinski definition) is 0. The second-order valence-corrected chi connectivity index (χ2v) is 12.9. The minimum Gasteiger partial charge on any atom is -0.457 e. The maximum atomic E-state index is 6.74. The summed E-state index contributed by atoms with van der Waals surface area (Å²) in [6.07, 6.45) is 0. The van der Waals surface area contributed by atoms with Crippen LogP contribution in [-0.4, -0.2) is 0 Å². The van der Waals surface area contributed by atoms with E-state index in [1.807, 2.05) is 0 Å². The predicted molar refractivity (Wildman–Crippen MR) is 201 cm³/mol. The molecular formula is C47H31NO. The van der Waals surface area contributed by atoms with E-state index in [0.717, 1.165) is 39.7 Å². The molecule has 0 saturated heterocycles. The zero-order valence-corrected chi connectivity index (χ0v) is 26.8. The third-order valence-corrected chi connectivity index (χ3v) is 10.3. The van der Waals surface area contributed by atoms with Crippen LogP contribution in [0.15, 0.2) is 188 Å². The Morgan fingerprint density at radius 2 is 1.06 bits per heavy atom. The molecule has 10 rings (SSSR count). The third-order valence-electron chi connectivity index (χ3n) is 10.3. The lowest BCUT2D eigenvalue weighted by molar-refractivity contribution is 0.436. The number of para-hydroxylation sites is 2. The van der Waals surface area contributed by atoms with Crippen LogP contribution in [0.2, 0.25) is 0 Å². The molecule has 230 valence electrons. The van der Waals surface area contributed by atoms with Crippen LogP contribution >= 0.6 is 0 Å². The Kier molecular flexibility index (Phi) is 6.13. The number of rotatable bonds is 4. The molecule has 2 heteroatoms. The molecule has 1 unspecified atom stereocenters. The fourth-order valence-corrected chi connectivity index (χ4v) is 8.25. The second kappa shape index (κ2) is 10.8. The molecule has 1 aliphatic heterocycles. The zero-order chi connectivity index (χ0) is 32.4. The molecule has 0 radical (unpaired) electrons. The van der Waals surface area contributed by atoms with Crippen molar-refractivity contribution in [2.45, 2.75) is 5.41 Å². The molecule has 8 aromatic rings. The lowest BCUT2D eigenvalue weighted by Gasteiger charge is -2.40. The van der Waals surface area contributed by atoms with E-state index < -0.39 is 5.41 Å². The fraction of sp³-hybridized carbons (Fsp3) is 0.0213. The third kappa shape index (κ3) is 4.07. The van der Waals surface area contributed by atoms with Gasteiger partial charge in [-0.2, -0.15) is 0 Å². The number of hydrogen-bond acceptors (Lipinski definition) is 2. The summed E-state index contributed by atoms with van der Waals surface area (Å²) < 4.78 is 6.74. The van der Waals surface area contributed by atoms with Gasteiger partial charge in [0.15, 0.2) is 0 Å². The maximum Gasteiger partial charge on any atom is 0.132 e. The largest absolute Gasteiger partial charge is 0.457 e. The van der Waals surface area contributed by atoms with Crippen LogP contribution in [0.3, 0.4) is 0 Å². The Balaban J connectivity index is 1.29. The minimum absolute atomic E-state index is 0.585. The van der Waals surface area contributed by atoms with Gasteiger partial charge in [0.2, 0.25) is 0 Å². The first-order valence-electron chi connectivity index (χ1n) is 16.9. The summed E-state index contributed by atoms with van der Waals surface area (Å²) in [4.78, 5) is 2.41. The lowest BCUT2D eigenvalue weighted by Crippen LogP contribution is -2.32. The van der Waals surface area contributed by atoms with Crippen LogP contribution in [0.5, 0.6) is 11.5 Å². The smallest absolute Gasteiger partial charge is 0.132 e. The first-order valence-corrected chi connectivity index (χ1v) is 16.9. The summed E-state index contributed by atoms with van der Waals surface area (Å²) in [5, 5.41) is 2.42. The van der Waals surface area contributed by atoms with Crippen molar-refractivity contribution < 1.29 is 4.74 Å². The zero-order valence-electron chi connectivity index (χ0n) is 26.8. The van der Waals surface area contributed by atoms with Crippen LogP contribution in [0.25, 0.3) is 33.0 Å². The summed E-state index contributed by atoms with van der Waals surface area (Å²) in [7, 11) is 0. The molecule has 0 aromatic heterocycles. The van der Waals surface area contributed by atoms with Crippen molar-refractivity contribution in [3.8, 4) is 33.8 Å². The topological polar surface area (TPSA) is 12.5 Å². The van der Waals surface area contributed by atoms with E-state index in [-0.39, 0.29) is 0 Å². The van der Waals surface area contributed by atoms with Crippen molar-refractivity contribution in [1.82, 2.24) is 0 Å². The molecule has 49 heavy (non-hydrogen) atoms. The summed E-state index contributed by atoms with van der Waals surface area (Å²) in [5.74, 6) is 1.78. The van der Waals surface area contributed by atoms with Crippen molar-refractivity contribution in [2.75, 3.05) is 4.90 Å². The number of fused-ring (bicyclic) bond motifs is 10. The Morgan fingerprint density at radius 1 is 0.388 bits per heavy atom. The van der Waals surface area contributed by atoms with Crippen LogP contribution < -0.4 is 9.64 Å². The van der Waals surface area contributed by atoms with Gasteiger partial charge in [-0.1, -0.05) is 140 Å². The van der Waals surface area contributed by atoms with E-state index in [0.29, 0.717) is 0 Å². The monoisotopic (exact) mass is 625 g/mol. The SMILES string of the molecule is c1ccc(-c2ccc3c(c2)C2(c4ccccc4O3)c3ccccc3-c3ccc(N(c4ccccc4)c4cccc5ccccc45)cc32)cc1. The maximum absolute atomic E-state index is 6.74. The quantitative estimate of drug-likeness (QED) is 0.193. The first kappa shape index (κ1) is 27.7. The van der Waals surface area contributed by atoms with Gasteiger partial charge < -0.3 is 9.64 Å². The van der Waals surface area contributed by atoms with Gasteiger partial charge in [-0.05, 0) is 87.3 Å². The molecule has 1 heterocycles. The van der Waals surface area contributed by atoms with E-state index in [9.17, 15) is 0 Å². The lowest BCUT2D eigenvalue weighted by atomic mass is 9.65. The highest BCUT2D eigenvalue weighted by atomic mass is 16.5. The molecule has 0 amide bonds. The van der Waals surface area contributed by atoms with Crippen molar-refractivity contribution in [1.29, 1.82) is 0 Å². The van der Waals surface area contributed by atoms with Crippen LogP contribution in [0, 0.1) is 0 Å². The Labute approximate surface area is 286 Å². The molecule has 0 bridgehead atoms. The number of ether oxygens (including phenoxy) is 1. The van der Waals surface area contributed by atoms with Crippen molar-refractivity contribution in [2.24, 2.45) is 0 Å². The van der Waals surface area contributed by atoms with Gasteiger partial charge in [0.05, 0.1) is 11.1 Å². The normalized spacial score (nSPS) is 15.2. The predicted octanol–water partition coefficient (Wildman–Crippen LogP) is 12.4. The van der Waals surface area contributed by atoms with Gasteiger partial charge in [-0.15, -0.1) is 0 Å². The van der Waals surface area contributed by atoms with Crippen LogP contribution in [0.4, 0.5) is 17.1 Å². The van der Waals surface area contributed by atoms with Gasteiger partial charge in [-0.25, -0.2) is 0 Å². The van der Waals surface area contributed by atoms with E-state index >= 15 is 0 Å². The molecule has 1 aliphatic carbocycles. The van der Waals surface area contributed by atoms with Crippen LogP contribution in [-0.2, 0) is 5.41 Å². The highest BCUT2D eigenvalue weighted by Crippen LogP contribution is 2.63. The first-order chi connectivity index (χ1) is 24.3. The molecular weight excluding hydrogens is 595 g/mol. The summed E-state index contributed by atoms with van der Waals surface area (Å²) in [6.45, 7) is 0. The van der Waals surface area contributed by atoms with Crippen molar-refractivity contribution in [3.05, 3.63) is 210 Å². The summed E-state index contributed by atoms with van der Waals surface area (Å²) >= 11 is 0. The highest BCUT2D eigenvalue weighted by molar-refractivity contribution is 6.00. The molecule has 2 aliphatic rings. The molecule has 8 aromatic carbocycles. The van der Waals surface area contributed by atoms with Gasteiger partial charge >= 0.3 is 0 Å². The molecule has 1 atom stereocenters. The Morgan fingerprint density at radius 3 is 1.94 bits per heavy atom. The molecule has 0 saturated carbocycles. The number of benzene rings is 8. The van der Waals surface area contributed by atoms with Gasteiger partial charge in [0.1, 0.15) is 11.5 Å². The Hall–Kier alpha value is -6.38. The summed E-state index contributed by atoms with van der Waals surface area (Å²) in [6, 6.07) is 67.9. The van der Waals surface area contributed by atoms with E-state index in [2.05, 4.69) is 193 Å². The van der Waals surface area contributed by atoms with Gasteiger partial charge in [-0.3, -0.25) is 0 Å². The second-order valence-electron chi connectivity index (χ2n) is 12.9. The molecule has 1 spiro atoms. The average Bonchev–Trinajstić information content (AvgIpc) is 3.46. The standard InChI is InChI=1S/C47H31NO/c1-3-14-32(15-4-1)34-26-29-46-43(30-34)47(41-23-11-12-25-45(41)49-46)40-22-10-9-21-38(40)39-28-27-36(31-42(39)47)48(35-18-5-2-6-19-35)44-24-13-17-33-16-7-8-20-37(33)44/h1-31H. The minimum atomic E-state index is -0.585. The molecule has 0 fully saturated rings. The Bertz CT molecular complexity index is 2530. The van der Waals surface area contributed by atoms with E-state index in [1.165, 1.54) is 44.2 Å². The van der Waals surface area contributed by atoms with Gasteiger partial charge in [0.25, 0.3) is 0 Å². The highest BCUT2D eigenvalue weighted by Gasteiger charge is 2.51. The number of nitrogens with zero attached hydrogens (tertiary/aromatic N) is 1. The van der Waals surface area contributed by atoms with E-state index in [1.54, 1.807) is 0 Å². The fourth-order valence-electron chi connectivity index (χ4n) is 8.25. The van der Waals surface area contributed by atoms with Crippen LogP contribution in [0.1, 0.15) is 22.3 Å². The van der Waals surface area contributed by atoms with E-state index in [4.69, 9.17) is 4.74 Å². The summed E-state index contributed by atoms with van der Waals surface area (Å²) in [5.41, 5.74) is 12.5. The number of anilines is 3. The van der Waals surface area contributed by atoms with Crippen molar-refractivity contribution in [3.63, 3.8) is 0 Å².